The van der Waals surface area contributed by atoms with Crippen molar-refractivity contribution in [1.82, 2.24) is 0 Å². The van der Waals surface area contributed by atoms with Gasteiger partial charge in [0.05, 0.1) is 11.4 Å². The van der Waals surface area contributed by atoms with Crippen molar-refractivity contribution in [3.05, 3.63) is 164 Å². The van der Waals surface area contributed by atoms with Crippen LogP contribution >= 0.6 is 11.8 Å². The van der Waals surface area contributed by atoms with E-state index in [2.05, 4.69) is 169 Å². The summed E-state index contributed by atoms with van der Waals surface area (Å²) in [6.45, 7) is 0. The molecule has 0 N–H and O–H groups in total. The Kier molecular flexibility index (Phi) is 5.56. The molecule has 1 spiro atoms. The van der Waals surface area contributed by atoms with E-state index in [1.807, 2.05) is 11.8 Å². The molecule has 3 aliphatic heterocycles. The third-order valence-electron chi connectivity index (χ3n) is 9.74. The van der Waals surface area contributed by atoms with Gasteiger partial charge in [0.25, 0.3) is 0 Å². The Morgan fingerprint density at radius 1 is 0.435 bits per heavy atom. The molecule has 0 fully saturated rings. The summed E-state index contributed by atoms with van der Waals surface area (Å²) in [7, 11) is -2.62. The second-order valence-corrected chi connectivity index (χ2v) is 16.8. The normalized spacial score (nSPS) is 14.3. The Balaban J connectivity index is 1.14. The van der Waals surface area contributed by atoms with Gasteiger partial charge in [-0.15, -0.1) is 0 Å². The molecule has 0 amide bonds. The van der Waals surface area contributed by atoms with E-state index in [4.69, 9.17) is 4.74 Å². The maximum atomic E-state index is 6.56. The van der Waals surface area contributed by atoms with E-state index in [0.717, 1.165) is 17.2 Å². The number of nitrogens with zero attached hydrogens (tertiary/aromatic N) is 1. The van der Waals surface area contributed by atoms with Crippen LogP contribution in [-0.2, 0) is 0 Å². The lowest BCUT2D eigenvalue weighted by atomic mass is 10.00. The van der Waals surface area contributed by atoms with Crippen molar-refractivity contribution in [3.63, 3.8) is 0 Å². The smallest absolute Gasteiger partial charge is 0.189 e. The first-order valence-corrected chi connectivity index (χ1v) is 18.5. The zero-order valence-corrected chi connectivity index (χ0v) is 26.7. The highest BCUT2D eigenvalue weighted by atomic mass is 32.2. The molecule has 0 unspecified atom stereocenters. The van der Waals surface area contributed by atoms with Gasteiger partial charge in [0, 0.05) is 15.5 Å². The first kappa shape index (κ1) is 26.0. The third kappa shape index (κ3) is 3.54. The van der Waals surface area contributed by atoms with E-state index in [-0.39, 0.29) is 0 Å². The predicted molar refractivity (Wildman–Crippen MR) is 193 cm³/mol. The monoisotopic (exact) mass is 621 g/mol. The highest BCUT2D eigenvalue weighted by Gasteiger charge is 2.53. The molecule has 10 rings (SSSR count). The molecule has 7 aromatic rings. The van der Waals surface area contributed by atoms with Crippen LogP contribution in [0.25, 0.3) is 22.3 Å². The summed E-state index contributed by atoms with van der Waals surface area (Å²) in [5, 5.41) is 5.54. The van der Waals surface area contributed by atoms with Crippen LogP contribution < -0.4 is 30.4 Å². The van der Waals surface area contributed by atoms with Crippen LogP contribution in [-0.4, -0.2) is 8.07 Å². The maximum absolute atomic E-state index is 6.56. The van der Waals surface area contributed by atoms with Gasteiger partial charge in [-0.25, -0.2) is 0 Å². The lowest BCUT2D eigenvalue weighted by Crippen LogP contribution is -2.74. The van der Waals surface area contributed by atoms with E-state index in [1.54, 1.807) is 0 Å². The van der Waals surface area contributed by atoms with Gasteiger partial charge >= 0.3 is 0 Å². The van der Waals surface area contributed by atoms with Gasteiger partial charge in [0.2, 0.25) is 0 Å². The molecule has 0 radical (unpaired) electrons. The Hall–Kier alpha value is -5.29. The molecule has 3 aliphatic rings. The van der Waals surface area contributed by atoms with Crippen LogP contribution in [0.3, 0.4) is 0 Å². The Morgan fingerprint density at radius 3 is 1.63 bits per heavy atom. The van der Waals surface area contributed by atoms with Gasteiger partial charge in [-0.3, -0.25) is 0 Å². The van der Waals surface area contributed by atoms with Gasteiger partial charge in [-0.05, 0) is 91.5 Å². The molecule has 216 valence electrons. The van der Waals surface area contributed by atoms with Gasteiger partial charge in [-0.2, -0.15) is 0 Å². The number of ether oxygens (including phenoxy) is 1. The van der Waals surface area contributed by atoms with Crippen molar-refractivity contribution < 1.29 is 4.74 Å². The fourth-order valence-corrected chi connectivity index (χ4v) is 14.3. The van der Waals surface area contributed by atoms with Crippen molar-refractivity contribution in [1.29, 1.82) is 0 Å². The summed E-state index contributed by atoms with van der Waals surface area (Å²) >= 11 is 1.84. The number of rotatable bonds is 2. The Labute approximate surface area is 273 Å². The van der Waals surface area contributed by atoms with E-state index in [1.165, 1.54) is 64.2 Å². The molecular weight excluding hydrogens is 595 g/mol. The van der Waals surface area contributed by atoms with E-state index < -0.39 is 8.07 Å². The van der Waals surface area contributed by atoms with E-state index in [9.17, 15) is 0 Å². The summed E-state index contributed by atoms with van der Waals surface area (Å²) in [6, 6.07) is 60.1. The molecule has 3 heterocycles. The molecule has 0 atom stereocenters. The number of benzene rings is 7. The lowest BCUT2D eigenvalue weighted by molar-refractivity contribution is 0.487. The highest BCUT2D eigenvalue weighted by molar-refractivity contribution is 7.99. The van der Waals surface area contributed by atoms with E-state index >= 15 is 0 Å². The average molecular weight is 622 g/mol. The minimum Gasteiger partial charge on any atom is -0.458 e. The van der Waals surface area contributed by atoms with Crippen molar-refractivity contribution in [2.24, 2.45) is 0 Å². The van der Waals surface area contributed by atoms with Gasteiger partial charge in [0.1, 0.15) is 11.5 Å². The minimum absolute atomic E-state index is 0.977. The number of hydrogen-bond acceptors (Lipinski definition) is 3. The van der Waals surface area contributed by atoms with Gasteiger partial charge < -0.3 is 9.64 Å². The molecular formula is C42H27NOSSi. The zero-order chi connectivity index (χ0) is 30.2. The number of anilines is 3. The molecule has 0 saturated heterocycles. The third-order valence-corrected chi connectivity index (χ3v) is 15.8. The average Bonchev–Trinajstić information content (AvgIpc) is 3.41. The minimum atomic E-state index is -2.62. The van der Waals surface area contributed by atoms with E-state index in [0.29, 0.717) is 0 Å². The van der Waals surface area contributed by atoms with Crippen LogP contribution in [0.5, 0.6) is 11.5 Å². The second-order valence-electron chi connectivity index (χ2n) is 12.1. The predicted octanol–water partition coefficient (Wildman–Crippen LogP) is 8.75. The molecule has 0 saturated carbocycles. The van der Waals surface area contributed by atoms with Crippen LogP contribution in [0, 0.1) is 0 Å². The van der Waals surface area contributed by atoms with Crippen molar-refractivity contribution in [2.45, 2.75) is 9.79 Å². The summed E-state index contributed by atoms with van der Waals surface area (Å²) < 4.78 is 6.56. The lowest BCUT2D eigenvalue weighted by Gasteiger charge is -2.37. The highest BCUT2D eigenvalue weighted by Crippen LogP contribution is 2.51. The van der Waals surface area contributed by atoms with Crippen LogP contribution in [0.15, 0.2) is 174 Å². The summed E-state index contributed by atoms with van der Waals surface area (Å²) in [5.74, 6) is 1.95. The van der Waals surface area contributed by atoms with Crippen molar-refractivity contribution in [2.75, 3.05) is 4.90 Å². The van der Waals surface area contributed by atoms with Crippen LogP contribution in [0.4, 0.5) is 17.1 Å². The summed E-state index contributed by atoms with van der Waals surface area (Å²) in [5.41, 5.74) is 8.74. The Morgan fingerprint density at radius 2 is 0.957 bits per heavy atom. The van der Waals surface area contributed by atoms with Crippen LogP contribution in [0.2, 0.25) is 0 Å². The number of hydrogen-bond donors (Lipinski definition) is 0. The maximum Gasteiger partial charge on any atom is 0.189 e. The molecule has 0 aliphatic carbocycles. The van der Waals surface area contributed by atoms with Crippen molar-refractivity contribution in [3.8, 4) is 33.8 Å². The molecule has 0 bridgehead atoms. The largest absolute Gasteiger partial charge is 0.458 e. The van der Waals surface area contributed by atoms with Gasteiger partial charge in [-0.1, -0.05) is 127 Å². The summed E-state index contributed by atoms with van der Waals surface area (Å²) in [6.07, 6.45) is 0. The fourth-order valence-electron chi connectivity index (χ4n) is 7.82. The Bertz CT molecular complexity index is 2260. The first-order chi connectivity index (χ1) is 22.8. The quantitative estimate of drug-likeness (QED) is 0.179. The summed E-state index contributed by atoms with van der Waals surface area (Å²) in [4.78, 5) is 4.94. The molecule has 7 aromatic carbocycles. The standard InChI is InChI=1S/C42H27NOSSi/c1-8-18-39-31(11-1)32-26-23-29(27-42(32)46(39)40-19-9-4-14-35(40)44-36-15-5-10-20-41(36)46)28-21-24-30(25-22-28)43-33-12-2-6-16-37(33)45-38-17-7-3-13-34(38)43/h1-27H. The SMILES string of the molecule is c1ccc2c(c1)Oc1ccccc1[Si]21c2ccccc2-c2ccc(-c3ccc(N4c5ccccc5Sc5ccccc54)cc3)cc21. The second kappa shape index (κ2) is 9.85. The zero-order valence-electron chi connectivity index (χ0n) is 24.9. The first-order valence-electron chi connectivity index (χ1n) is 15.7. The molecule has 2 nitrogen and oxygen atoms in total. The van der Waals surface area contributed by atoms with Gasteiger partial charge in [0.15, 0.2) is 8.07 Å². The molecule has 4 heteroatoms. The fraction of sp³-hybridized carbons (Fsp3) is 0. The molecule has 0 aromatic heterocycles. The topological polar surface area (TPSA) is 12.5 Å². The molecule has 46 heavy (non-hydrogen) atoms. The number of fused-ring (bicyclic) bond motifs is 11. The van der Waals surface area contributed by atoms with Crippen molar-refractivity contribution >= 4 is 57.6 Å². The number of para-hydroxylation sites is 4. The van der Waals surface area contributed by atoms with Crippen LogP contribution in [0.1, 0.15) is 0 Å².